The topological polar surface area (TPSA) is 26.3 Å². The van der Waals surface area contributed by atoms with Crippen LogP contribution in [0.25, 0.3) is 0 Å². The Morgan fingerprint density at radius 2 is 2.21 bits per heavy atom. The SMILES string of the molecule is CCOC1CC(CC(=O)Cc2cccc(F)c2Br)C1. The van der Waals surface area contributed by atoms with Crippen LogP contribution in [0.3, 0.4) is 0 Å². The predicted molar refractivity (Wildman–Crippen MR) is 75.6 cm³/mol. The molecule has 0 N–H and O–H groups in total. The van der Waals surface area contributed by atoms with E-state index >= 15 is 0 Å². The largest absolute Gasteiger partial charge is 0.378 e. The van der Waals surface area contributed by atoms with Crippen LogP contribution in [0.2, 0.25) is 0 Å². The number of hydrogen-bond donors (Lipinski definition) is 0. The van der Waals surface area contributed by atoms with Crippen molar-refractivity contribution in [3.05, 3.63) is 34.1 Å². The third kappa shape index (κ3) is 3.86. The molecule has 0 bridgehead atoms. The van der Waals surface area contributed by atoms with E-state index in [0.29, 0.717) is 29.3 Å². The summed E-state index contributed by atoms with van der Waals surface area (Å²) in [5, 5.41) is 0. The number of benzene rings is 1. The fraction of sp³-hybridized carbons (Fsp3) is 0.533. The van der Waals surface area contributed by atoms with Gasteiger partial charge in [-0.05, 0) is 53.2 Å². The molecule has 1 aromatic rings. The zero-order valence-corrected chi connectivity index (χ0v) is 12.6. The van der Waals surface area contributed by atoms with E-state index in [2.05, 4.69) is 15.9 Å². The molecule has 0 radical (unpaired) electrons. The number of rotatable bonds is 6. The predicted octanol–water partition coefficient (Wildman–Crippen LogP) is 3.91. The molecule has 2 nitrogen and oxygen atoms in total. The summed E-state index contributed by atoms with van der Waals surface area (Å²) in [7, 11) is 0. The molecule has 2 rings (SSSR count). The van der Waals surface area contributed by atoms with Gasteiger partial charge in [0.2, 0.25) is 0 Å². The summed E-state index contributed by atoms with van der Waals surface area (Å²) in [6.07, 6.45) is 3.16. The van der Waals surface area contributed by atoms with Crippen molar-refractivity contribution in [3.8, 4) is 0 Å². The number of ether oxygens (including phenoxy) is 1. The number of halogens is 2. The standard InChI is InChI=1S/C15H18BrFO2/c1-2-19-13-7-10(8-13)6-12(18)9-11-4-3-5-14(17)15(11)16/h3-5,10,13H,2,6-9H2,1H3. The highest BCUT2D eigenvalue weighted by Gasteiger charge is 2.30. The Hall–Kier alpha value is -0.740. The molecule has 1 aromatic carbocycles. The van der Waals surface area contributed by atoms with E-state index in [4.69, 9.17) is 4.74 Å². The minimum absolute atomic E-state index is 0.172. The Morgan fingerprint density at radius 3 is 2.89 bits per heavy atom. The van der Waals surface area contributed by atoms with Crippen LogP contribution in [0.1, 0.15) is 31.7 Å². The third-order valence-corrected chi connectivity index (χ3v) is 4.42. The quantitative estimate of drug-likeness (QED) is 0.791. The summed E-state index contributed by atoms with van der Waals surface area (Å²) in [5.74, 6) is 0.299. The first-order valence-electron chi connectivity index (χ1n) is 6.66. The normalized spacial score (nSPS) is 22.1. The van der Waals surface area contributed by atoms with E-state index < -0.39 is 0 Å². The van der Waals surface area contributed by atoms with Crippen molar-refractivity contribution in [1.29, 1.82) is 0 Å². The first-order chi connectivity index (χ1) is 9.10. The van der Waals surface area contributed by atoms with Crippen molar-refractivity contribution < 1.29 is 13.9 Å². The molecule has 104 valence electrons. The summed E-state index contributed by atoms with van der Waals surface area (Å²) in [6.45, 7) is 2.72. The number of carbonyl (C=O) groups excluding carboxylic acids is 1. The first-order valence-corrected chi connectivity index (χ1v) is 7.45. The molecule has 0 amide bonds. The van der Waals surface area contributed by atoms with Gasteiger partial charge >= 0.3 is 0 Å². The second-order valence-electron chi connectivity index (χ2n) is 5.05. The highest BCUT2D eigenvalue weighted by atomic mass is 79.9. The van der Waals surface area contributed by atoms with Gasteiger partial charge in [0.15, 0.2) is 0 Å². The fourth-order valence-electron chi connectivity index (χ4n) is 2.50. The van der Waals surface area contributed by atoms with Gasteiger partial charge in [-0.2, -0.15) is 0 Å². The molecule has 0 saturated heterocycles. The minimum atomic E-state index is -0.314. The number of ketones is 1. The van der Waals surface area contributed by atoms with E-state index in [0.717, 1.165) is 25.0 Å². The minimum Gasteiger partial charge on any atom is -0.378 e. The van der Waals surface area contributed by atoms with Crippen LogP contribution in [-0.4, -0.2) is 18.5 Å². The molecular weight excluding hydrogens is 311 g/mol. The van der Waals surface area contributed by atoms with E-state index in [1.54, 1.807) is 12.1 Å². The molecule has 1 aliphatic carbocycles. The molecule has 19 heavy (non-hydrogen) atoms. The smallest absolute Gasteiger partial charge is 0.137 e. The maximum Gasteiger partial charge on any atom is 0.137 e. The fourth-order valence-corrected chi connectivity index (χ4v) is 2.91. The molecule has 1 saturated carbocycles. The average Bonchev–Trinajstić information content (AvgIpc) is 2.32. The van der Waals surface area contributed by atoms with Gasteiger partial charge < -0.3 is 4.74 Å². The summed E-state index contributed by atoms with van der Waals surface area (Å²) < 4.78 is 19.2. The van der Waals surface area contributed by atoms with Gasteiger partial charge in [-0.25, -0.2) is 4.39 Å². The summed E-state index contributed by atoms with van der Waals surface area (Å²) in [4.78, 5) is 12.0. The summed E-state index contributed by atoms with van der Waals surface area (Å²) in [5.41, 5.74) is 0.727. The van der Waals surface area contributed by atoms with Gasteiger partial charge in [0.25, 0.3) is 0 Å². The Kier molecular flexibility index (Phi) is 5.11. The highest BCUT2D eigenvalue weighted by Crippen LogP contribution is 2.33. The Morgan fingerprint density at radius 1 is 1.47 bits per heavy atom. The number of Topliss-reactive ketones (excluding diaryl/α,β-unsaturated/α-hetero) is 1. The van der Waals surface area contributed by atoms with Crippen LogP contribution in [-0.2, 0) is 16.0 Å². The van der Waals surface area contributed by atoms with Gasteiger partial charge in [0.1, 0.15) is 11.6 Å². The lowest BCUT2D eigenvalue weighted by Crippen LogP contribution is -2.33. The van der Waals surface area contributed by atoms with Crippen LogP contribution < -0.4 is 0 Å². The zero-order valence-electron chi connectivity index (χ0n) is 11.0. The number of carbonyl (C=O) groups is 1. The first kappa shape index (κ1) is 14.7. The van der Waals surface area contributed by atoms with Crippen molar-refractivity contribution in [2.24, 2.45) is 5.92 Å². The third-order valence-electron chi connectivity index (χ3n) is 3.53. The molecule has 1 fully saturated rings. The molecule has 0 heterocycles. The van der Waals surface area contributed by atoms with E-state index in [-0.39, 0.29) is 11.6 Å². The molecular formula is C15H18BrFO2. The van der Waals surface area contributed by atoms with Gasteiger partial charge in [-0.3, -0.25) is 4.79 Å². The lowest BCUT2D eigenvalue weighted by molar-refractivity contribution is -0.121. The van der Waals surface area contributed by atoms with E-state index in [1.807, 2.05) is 6.92 Å². The average molecular weight is 329 g/mol. The molecule has 0 spiro atoms. The maximum atomic E-state index is 13.3. The highest BCUT2D eigenvalue weighted by molar-refractivity contribution is 9.10. The molecule has 4 heteroatoms. The van der Waals surface area contributed by atoms with Crippen molar-refractivity contribution in [2.45, 2.75) is 38.7 Å². The van der Waals surface area contributed by atoms with Crippen molar-refractivity contribution in [2.75, 3.05) is 6.61 Å². The van der Waals surface area contributed by atoms with Crippen LogP contribution >= 0.6 is 15.9 Å². The van der Waals surface area contributed by atoms with E-state index in [1.165, 1.54) is 6.07 Å². The van der Waals surface area contributed by atoms with Crippen LogP contribution in [0.5, 0.6) is 0 Å². The van der Waals surface area contributed by atoms with Crippen LogP contribution in [0.4, 0.5) is 4.39 Å². The molecule has 0 aliphatic heterocycles. The molecule has 0 atom stereocenters. The lowest BCUT2D eigenvalue weighted by Gasteiger charge is -2.34. The Balaban J connectivity index is 1.81. The van der Waals surface area contributed by atoms with E-state index in [9.17, 15) is 9.18 Å². The zero-order chi connectivity index (χ0) is 13.8. The van der Waals surface area contributed by atoms with Crippen molar-refractivity contribution in [1.82, 2.24) is 0 Å². The molecule has 0 aromatic heterocycles. The lowest BCUT2D eigenvalue weighted by atomic mass is 9.78. The van der Waals surface area contributed by atoms with Gasteiger partial charge in [0, 0.05) is 19.4 Å². The molecule has 0 unspecified atom stereocenters. The van der Waals surface area contributed by atoms with Gasteiger partial charge in [-0.15, -0.1) is 0 Å². The summed E-state index contributed by atoms with van der Waals surface area (Å²) in [6, 6.07) is 4.81. The monoisotopic (exact) mass is 328 g/mol. The Bertz CT molecular complexity index is 455. The van der Waals surface area contributed by atoms with Gasteiger partial charge in [0.05, 0.1) is 10.6 Å². The van der Waals surface area contributed by atoms with Crippen molar-refractivity contribution >= 4 is 21.7 Å². The maximum absolute atomic E-state index is 13.3. The van der Waals surface area contributed by atoms with Crippen molar-refractivity contribution in [3.63, 3.8) is 0 Å². The van der Waals surface area contributed by atoms with Crippen LogP contribution in [0, 0.1) is 11.7 Å². The van der Waals surface area contributed by atoms with Crippen LogP contribution in [0.15, 0.2) is 22.7 Å². The summed E-state index contributed by atoms with van der Waals surface area (Å²) >= 11 is 3.19. The number of hydrogen-bond acceptors (Lipinski definition) is 2. The second kappa shape index (κ2) is 6.62. The second-order valence-corrected chi connectivity index (χ2v) is 5.84. The molecule has 1 aliphatic rings. The van der Waals surface area contributed by atoms with Gasteiger partial charge in [-0.1, -0.05) is 12.1 Å². The Labute approximate surface area is 121 Å².